The molecule has 0 saturated carbocycles. The Hall–Kier alpha value is -3.62. The number of unbranched alkanes of at least 4 members (excludes halogenated alkanes) is 1. The summed E-state index contributed by atoms with van der Waals surface area (Å²) in [4.78, 5) is 30.6. The smallest absolute Gasteiger partial charge is 0.337 e. The van der Waals surface area contributed by atoms with E-state index in [0.29, 0.717) is 30.8 Å². The fraction of sp³-hybridized carbons (Fsp3) is 0.438. The van der Waals surface area contributed by atoms with Gasteiger partial charge in [-0.1, -0.05) is 41.4 Å². The van der Waals surface area contributed by atoms with Crippen molar-refractivity contribution >= 4 is 40.9 Å². The molecule has 1 heterocycles. The van der Waals surface area contributed by atoms with Crippen LogP contribution in [-0.2, 0) is 19.1 Å². The van der Waals surface area contributed by atoms with Crippen molar-refractivity contribution in [2.24, 2.45) is 10.9 Å². The normalized spacial score (nSPS) is 17.0. The maximum Gasteiger partial charge on any atom is 0.337 e. The van der Waals surface area contributed by atoms with Crippen LogP contribution in [-0.4, -0.2) is 68.4 Å². The number of hydrogen-bond acceptors (Lipinski definition) is 10. The first-order valence-corrected chi connectivity index (χ1v) is 15.0. The van der Waals surface area contributed by atoms with E-state index in [1.165, 1.54) is 13.2 Å². The summed E-state index contributed by atoms with van der Waals surface area (Å²) in [7, 11) is 1.18. The third-order valence-corrected chi connectivity index (χ3v) is 7.19. The SMILES string of the molecule is COC(=O)C1=C(C#N)N=C(C)C(C(=O)OC(C)C)C1c1cc(Cl)cc(Cl)c1OCCCCNCC(O)COc1ccccc1. The van der Waals surface area contributed by atoms with Crippen molar-refractivity contribution in [3.63, 3.8) is 0 Å². The molecule has 0 aliphatic carbocycles. The number of aliphatic hydroxyl groups is 1. The Balaban J connectivity index is 1.73. The molecule has 3 atom stereocenters. The number of benzene rings is 2. The maximum atomic E-state index is 13.4. The second kappa shape index (κ2) is 17.0. The third-order valence-electron chi connectivity index (χ3n) is 6.69. The van der Waals surface area contributed by atoms with E-state index in [-0.39, 0.29) is 46.0 Å². The number of aliphatic hydroxyl groups excluding tert-OH is 1. The minimum Gasteiger partial charge on any atom is -0.492 e. The monoisotopic (exact) mass is 645 g/mol. The first kappa shape index (κ1) is 34.9. The summed E-state index contributed by atoms with van der Waals surface area (Å²) in [5.41, 5.74) is 0.315. The molecule has 0 amide bonds. The molecule has 0 saturated heterocycles. The second-order valence-electron chi connectivity index (χ2n) is 10.4. The Morgan fingerprint density at radius 2 is 1.86 bits per heavy atom. The molecule has 3 rings (SSSR count). The highest BCUT2D eigenvalue weighted by Crippen LogP contribution is 2.46. The lowest BCUT2D eigenvalue weighted by atomic mass is 9.75. The summed E-state index contributed by atoms with van der Waals surface area (Å²) in [5, 5.41) is 23.6. The number of hydrogen-bond donors (Lipinski definition) is 2. The van der Waals surface area contributed by atoms with Crippen LogP contribution in [0.2, 0.25) is 10.0 Å². The number of nitriles is 1. The quantitative estimate of drug-likeness (QED) is 0.196. The molecule has 2 N–H and O–H groups in total. The standard InChI is InChI=1S/C32H37Cl2N3O7/c1-19(2)44-32(40)27-20(3)37-26(16-35)29(31(39)41-4)28(27)24-14-21(33)15-25(34)30(24)42-13-9-8-12-36-17-22(38)18-43-23-10-6-5-7-11-23/h5-7,10-11,14-15,19,22,27-28,36,38H,8-9,12-13,17-18H2,1-4H3. The van der Waals surface area contributed by atoms with Gasteiger partial charge in [-0.25, -0.2) is 9.79 Å². The Bertz CT molecular complexity index is 1410. The first-order valence-electron chi connectivity index (χ1n) is 14.2. The summed E-state index contributed by atoms with van der Waals surface area (Å²) >= 11 is 13.0. The van der Waals surface area contributed by atoms with Gasteiger partial charge in [-0.05, 0) is 64.4 Å². The van der Waals surface area contributed by atoms with Crippen LogP contribution in [0, 0.1) is 17.2 Å². The van der Waals surface area contributed by atoms with Crippen LogP contribution in [0.1, 0.15) is 45.1 Å². The summed E-state index contributed by atoms with van der Waals surface area (Å²) < 4.78 is 22.2. The number of esters is 2. The van der Waals surface area contributed by atoms with Gasteiger partial charge in [0.25, 0.3) is 0 Å². The van der Waals surface area contributed by atoms with Crippen LogP contribution in [0.4, 0.5) is 0 Å². The first-order chi connectivity index (χ1) is 21.1. The van der Waals surface area contributed by atoms with Gasteiger partial charge in [0.15, 0.2) is 5.70 Å². The van der Waals surface area contributed by atoms with Crippen molar-refractivity contribution in [1.82, 2.24) is 5.32 Å². The average Bonchev–Trinajstić information content (AvgIpc) is 2.99. The van der Waals surface area contributed by atoms with Gasteiger partial charge in [-0.2, -0.15) is 5.26 Å². The van der Waals surface area contributed by atoms with E-state index in [9.17, 15) is 20.0 Å². The van der Waals surface area contributed by atoms with Crippen molar-refractivity contribution in [3.05, 3.63) is 69.3 Å². The highest BCUT2D eigenvalue weighted by molar-refractivity contribution is 6.35. The third kappa shape index (κ3) is 9.44. The molecule has 0 bridgehead atoms. The predicted molar refractivity (Wildman–Crippen MR) is 167 cm³/mol. The molecule has 2 aromatic rings. The molecule has 1 aliphatic rings. The van der Waals surface area contributed by atoms with E-state index in [0.717, 1.165) is 6.42 Å². The molecular formula is C32H37Cl2N3O7. The molecule has 0 spiro atoms. The zero-order valence-corrected chi connectivity index (χ0v) is 26.7. The van der Waals surface area contributed by atoms with Crippen molar-refractivity contribution < 1.29 is 33.6 Å². The number of carbonyl (C=O) groups is 2. The minimum atomic E-state index is -1.07. The molecule has 44 heavy (non-hydrogen) atoms. The fourth-order valence-electron chi connectivity index (χ4n) is 4.75. The van der Waals surface area contributed by atoms with Crippen molar-refractivity contribution in [1.29, 1.82) is 5.26 Å². The summed E-state index contributed by atoms with van der Waals surface area (Å²) in [5.74, 6) is -2.67. The Morgan fingerprint density at radius 3 is 2.52 bits per heavy atom. The van der Waals surface area contributed by atoms with E-state index >= 15 is 0 Å². The van der Waals surface area contributed by atoms with E-state index < -0.39 is 36.0 Å². The highest BCUT2D eigenvalue weighted by atomic mass is 35.5. The van der Waals surface area contributed by atoms with Gasteiger partial charge >= 0.3 is 11.9 Å². The van der Waals surface area contributed by atoms with Crippen LogP contribution >= 0.6 is 23.2 Å². The lowest BCUT2D eigenvalue weighted by Crippen LogP contribution is -2.37. The molecule has 0 radical (unpaired) electrons. The zero-order valence-electron chi connectivity index (χ0n) is 25.1. The fourth-order valence-corrected chi connectivity index (χ4v) is 5.32. The maximum absolute atomic E-state index is 13.4. The van der Waals surface area contributed by atoms with Crippen molar-refractivity contribution in [2.45, 2.75) is 51.7 Å². The molecule has 3 unspecified atom stereocenters. The number of methoxy groups -OCH3 is 1. The average molecular weight is 647 g/mol. The number of halogens is 2. The van der Waals surface area contributed by atoms with Crippen LogP contribution in [0.5, 0.6) is 11.5 Å². The number of allylic oxidation sites excluding steroid dienone is 1. The summed E-state index contributed by atoms with van der Waals surface area (Å²) in [6.45, 7) is 6.41. The van der Waals surface area contributed by atoms with Crippen LogP contribution in [0.25, 0.3) is 0 Å². The zero-order chi connectivity index (χ0) is 32.2. The number of ether oxygens (including phenoxy) is 4. The molecular weight excluding hydrogens is 609 g/mol. The number of nitrogens with zero attached hydrogens (tertiary/aromatic N) is 2. The van der Waals surface area contributed by atoms with Crippen LogP contribution in [0.3, 0.4) is 0 Å². The molecule has 10 nitrogen and oxygen atoms in total. The Morgan fingerprint density at radius 1 is 1.14 bits per heavy atom. The van der Waals surface area contributed by atoms with Gasteiger partial charge in [0.2, 0.25) is 0 Å². The van der Waals surface area contributed by atoms with Crippen molar-refractivity contribution in [3.8, 4) is 17.6 Å². The predicted octanol–water partition coefficient (Wildman–Crippen LogP) is 5.26. The molecule has 2 aromatic carbocycles. The van der Waals surface area contributed by atoms with Gasteiger partial charge < -0.3 is 29.4 Å². The van der Waals surface area contributed by atoms with Crippen LogP contribution in [0.15, 0.2) is 58.7 Å². The Kier molecular flexibility index (Phi) is 13.5. The number of para-hydroxylation sites is 1. The molecule has 1 aliphatic heterocycles. The topological polar surface area (TPSA) is 139 Å². The van der Waals surface area contributed by atoms with Gasteiger partial charge in [-0.15, -0.1) is 0 Å². The molecule has 12 heteroatoms. The van der Waals surface area contributed by atoms with E-state index in [1.54, 1.807) is 26.8 Å². The van der Waals surface area contributed by atoms with Crippen LogP contribution < -0.4 is 14.8 Å². The lowest BCUT2D eigenvalue weighted by Gasteiger charge is -2.32. The van der Waals surface area contributed by atoms with E-state index in [1.807, 2.05) is 36.4 Å². The van der Waals surface area contributed by atoms with Gasteiger partial charge in [0.1, 0.15) is 36.2 Å². The number of nitrogens with one attached hydrogen (secondary N) is 1. The van der Waals surface area contributed by atoms with Gasteiger partial charge in [-0.3, -0.25) is 4.79 Å². The molecule has 236 valence electrons. The summed E-state index contributed by atoms with van der Waals surface area (Å²) in [6, 6.07) is 14.3. The molecule has 0 fully saturated rings. The molecule has 0 aromatic heterocycles. The Labute approximate surface area is 267 Å². The second-order valence-corrected chi connectivity index (χ2v) is 11.2. The van der Waals surface area contributed by atoms with Gasteiger partial charge in [0.05, 0.1) is 30.4 Å². The largest absolute Gasteiger partial charge is 0.492 e. The minimum absolute atomic E-state index is 0.117. The highest BCUT2D eigenvalue weighted by Gasteiger charge is 2.45. The number of carbonyl (C=O) groups excluding carboxylic acids is 2. The van der Waals surface area contributed by atoms with Gasteiger partial charge in [0, 0.05) is 28.8 Å². The van der Waals surface area contributed by atoms with E-state index in [4.69, 9.17) is 42.1 Å². The number of rotatable bonds is 15. The van der Waals surface area contributed by atoms with E-state index in [2.05, 4.69) is 10.3 Å². The van der Waals surface area contributed by atoms with Crippen molar-refractivity contribution in [2.75, 3.05) is 33.4 Å². The summed E-state index contributed by atoms with van der Waals surface area (Å²) in [6.07, 6.45) is 0.227. The number of aliphatic imine (C=N–C) groups is 1. The lowest BCUT2D eigenvalue weighted by molar-refractivity contribution is -0.150.